The topological polar surface area (TPSA) is 43.1 Å². The summed E-state index contributed by atoms with van der Waals surface area (Å²) in [5, 5.41) is 3.81. The van der Waals surface area contributed by atoms with Gasteiger partial charge in [-0.1, -0.05) is 49.3 Å². The van der Waals surface area contributed by atoms with Crippen LogP contribution in [0, 0.1) is 5.92 Å². The molecule has 2 aromatic rings. The smallest absolute Gasteiger partial charge is 0.187 e. The van der Waals surface area contributed by atoms with Crippen molar-refractivity contribution in [3.8, 4) is 0 Å². The Hall–Kier alpha value is -1.90. The molecular weight excluding hydrogens is 214 g/mol. The van der Waals surface area contributed by atoms with Gasteiger partial charge < -0.3 is 4.52 Å². The van der Waals surface area contributed by atoms with Crippen molar-refractivity contribution in [2.45, 2.75) is 20.3 Å². The van der Waals surface area contributed by atoms with Crippen LogP contribution in [0.15, 0.2) is 40.9 Å². The van der Waals surface area contributed by atoms with Gasteiger partial charge in [0.2, 0.25) is 0 Å². The summed E-state index contributed by atoms with van der Waals surface area (Å²) in [5.74, 6) is 0.693. The number of carbonyl (C=O) groups excluding carboxylic acids is 1. The van der Waals surface area contributed by atoms with Crippen LogP contribution < -0.4 is 0 Å². The summed E-state index contributed by atoms with van der Waals surface area (Å²) in [4.78, 5) is 11.7. The second-order valence-electron chi connectivity index (χ2n) is 4.36. The van der Waals surface area contributed by atoms with Crippen molar-refractivity contribution < 1.29 is 9.32 Å². The van der Waals surface area contributed by atoms with Crippen LogP contribution in [-0.2, 0) is 6.42 Å². The van der Waals surface area contributed by atoms with Gasteiger partial charge in [0.1, 0.15) is 11.5 Å². The zero-order valence-corrected chi connectivity index (χ0v) is 10.0. The van der Waals surface area contributed by atoms with E-state index in [1.54, 1.807) is 6.07 Å². The van der Waals surface area contributed by atoms with Crippen LogP contribution in [0.4, 0.5) is 0 Å². The molecule has 0 unspecified atom stereocenters. The average Bonchev–Trinajstić information content (AvgIpc) is 2.77. The summed E-state index contributed by atoms with van der Waals surface area (Å²) < 4.78 is 5.17. The first kappa shape index (κ1) is 11.6. The SMILES string of the molecule is CC(C)C(=O)c1cc(Cc2ccccc2)on1. The minimum Gasteiger partial charge on any atom is -0.360 e. The minimum atomic E-state index is -0.0512. The second kappa shape index (κ2) is 4.95. The monoisotopic (exact) mass is 229 g/mol. The molecule has 0 N–H and O–H groups in total. The van der Waals surface area contributed by atoms with Crippen molar-refractivity contribution in [2.24, 2.45) is 5.92 Å². The number of benzene rings is 1. The quantitative estimate of drug-likeness (QED) is 0.756. The fourth-order valence-corrected chi connectivity index (χ4v) is 1.61. The van der Waals surface area contributed by atoms with Crippen molar-refractivity contribution in [1.29, 1.82) is 0 Å². The van der Waals surface area contributed by atoms with Crippen molar-refractivity contribution in [3.05, 3.63) is 53.4 Å². The summed E-state index contributed by atoms with van der Waals surface area (Å²) in [6.45, 7) is 3.71. The van der Waals surface area contributed by atoms with Crippen molar-refractivity contribution in [1.82, 2.24) is 5.16 Å². The van der Waals surface area contributed by atoms with Gasteiger partial charge in [-0.05, 0) is 5.56 Å². The highest BCUT2D eigenvalue weighted by molar-refractivity contribution is 5.95. The third-order valence-corrected chi connectivity index (χ3v) is 2.56. The third kappa shape index (κ3) is 2.81. The second-order valence-corrected chi connectivity index (χ2v) is 4.36. The third-order valence-electron chi connectivity index (χ3n) is 2.56. The van der Waals surface area contributed by atoms with E-state index in [-0.39, 0.29) is 11.7 Å². The molecule has 2 rings (SSSR count). The lowest BCUT2D eigenvalue weighted by Gasteiger charge is -1.97. The molecule has 1 aromatic heterocycles. The van der Waals surface area contributed by atoms with E-state index in [2.05, 4.69) is 5.16 Å². The predicted octanol–water partition coefficient (Wildman–Crippen LogP) is 3.10. The largest absolute Gasteiger partial charge is 0.360 e. The van der Waals surface area contributed by atoms with Gasteiger partial charge in [0.05, 0.1) is 0 Å². The van der Waals surface area contributed by atoms with Crippen molar-refractivity contribution in [3.63, 3.8) is 0 Å². The van der Waals surface area contributed by atoms with E-state index in [9.17, 15) is 4.79 Å². The molecule has 1 heterocycles. The molecule has 0 fully saturated rings. The van der Waals surface area contributed by atoms with Crippen molar-refractivity contribution >= 4 is 5.78 Å². The zero-order chi connectivity index (χ0) is 12.3. The fourth-order valence-electron chi connectivity index (χ4n) is 1.61. The van der Waals surface area contributed by atoms with Crippen molar-refractivity contribution in [2.75, 3.05) is 0 Å². The number of nitrogens with zero attached hydrogens (tertiary/aromatic N) is 1. The molecule has 0 spiro atoms. The van der Waals surface area contributed by atoms with Crippen LogP contribution in [0.1, 0.15) is 35.7 Å². The van der Waals surface area contributed by atoms with E-state index >= 15 is 0 Å². The van der Waals surface area contributed by atoms with Gasteiger partial charge in [-0.15, -0.1) is 0 Å². The maximum Gasteiger partial charge on any atom is 0.187 e. The van der Waals surface area contributed by atoms with E-state index in [0.717, 1.165) is 11.3 Å². The molecule has 0 aliphatic rings. The molecule has 0 aliphatic carbocycles. The Bertz CT molecular complexity index is 500. The van der Waals surface area contributed by atoms with Crippen LogP contribution in [0.5, 0.6) is 0 Å². The summed E-state index contributed by atoms with van der Waals surface area (Å²) in [6, 6.07) is 11.7. The lowest BCUT2D eigenvalue weighted by Crippen LogP contribution is -2.07. The predicted molar refractivity (Wildman–Crippen MR) is 64.9 cm³/mol. The molecule has 0 saturated heterocycles. The highest BCUT2D eigenvalue weighted by atomic mass is 16.5. The number of rotatable bonds is 4. The van der Waals surface area contributed by atoms with Crippen LogP contribution >= 0.6 is 0 Å². The summed E-state index contributed by atoms with van der Waals surface area (Å²) in [5.41, 5.74) is 1.57. The van der Waals surface area contributed by atoms with Gasteiger partial charge in [0, 0.05) is 18.4 Å². The van der Waals surface area contributed by atoms with Crippen LogP contribution in [0.3, 0.4) is 0 Å². The van der Waals surface area contributed by atoms with Gasteiger partial charge >= 0.3 is 0 Å². The lowest BCUT2D eigenvalue weighted by atomic mass is 10.1. The Morgan fingerprint density at radius 1 is 1.29 bits per heavy atom. The molecule has 1 aromatic carbocycles. The fraction of sp³-hybridized carbons (Fsp3) is 0.286. The first-order chi connectivity index (χ1) is 8.16. The molecule has 0 aliphatic heterocycles. The number of hydrogen-bond acceptors (Lipinski definition) is 3. The Balaban J connectivity index is 2.12. The summed E-state index contributed by atoms with van der Waals surface area (Å²) >= 11 is 0. The Morgan fingerprint density at radius 3 is 2.65 bits per heavy atom. The number of ketones is 1. The molecule has 0 amide bonds. The van der Waals surface area contributed by atoms with Gasteiger partial charge in [0.15, 0.2) is 5.78 Å². The van der Waals surface area contributed by atoms with Gasteiger partial charge in [-0.2, -0.15) is 0 Å². The number of aromatic nitrogens is 1. The molecular formula is C14H15NO2. The maximum absolute atomic E-state index is 11.7. The average molecular weight is 229 g/mol. The van der Waals surface area contributed by atoms with E-state index in [1.807, 2.05) is 44.2 Å². The van der Waals surface area contributed by atoms with E-state index in [4.69, 9.17) is 4.52 Å². The van der Waals surface area contributed by atoms with Gasteiger partial charge in [-0.25, -0.2) is 0 Å². The highest BCUT2D eigenvalue weighted by Crippen LogP contribution is 2.13. The molecule has 17 heavy (non-hydrogen) atoms. The Morgan fingerprint density at radius 2 is 2.00 bits per heavy atom. The number of Topliss-reactive ketones (excluding diaryl/α,β-unsaturated/α-hetero) is 1. The highest BCUT2D eigenvalue weighted by Gasteiger charge is 2.15. The number of carbonyl (C=O) groups is 1. The summed E-state index contributed by atoms with van der Waals surface area (Å²) in [6.07, 6.45) is 0.666. The Labute approximate surface area is 100 Å². The van der Waals surface area contributed by atoms with Gasteiger partial charge in [0.25, 0.3) is 0 Å². The molecule has 3 heteroatoms. The summed E-state index contributed by atoms with van der Waals surface area (Å²) in [7, 11) is 0. The molecule has 88 valence electrons. The number of hydrogen-bond donors (Lipinski definition) is 0. The van der Waals surface area contributed by atoms with Crippen LogP contribution in [-0.4, -0.2) is 10.9 Å². The first-order valence-corrected chi connectivity index (χ1v) is 5.70. The molecule has 0 radical (unpaired) electrons. The van der Waals surface area contributed by atoms with E-state index in [1.165, 1.54) is 0 Å². The minimum absolute atomic E-state index is 0.0214. The molecule has 0 atom stereocenters. The normalized spacial score (nSPS) is 10.8. The molecule has 0 bridgehead atoms. The van der Waals surface area contributed by atoms with Gasteiger partial charge in [-0.3, -0.25) is 4.79 Å². The van der Waals surface area contributed by atoms with Crippen LogP contribution in [0.2, 0.25) is 0 Å². The maximum atomic E-state index is 11.7. The molecule has 0 saturated carbocycles. The standard InChI is InChI=1S/C14H15NO2/c1-10(2)14(16)13-9-12(17-15-13)8-11-6-4-3-5-7-11/h3-7,9-10H,8H2,1-2H3. The first-order valence-electron chi connectivity index (χ1n) is 5.70. The molecule has 3 nitrogen and oxygen atoms in total. The Kier molecular flexibility index (Phi) is 3.38. The van der Waals surface area contributed by atoms with Crippen LogP contribution in [0.25, 0.3) is 0 Å². The zero-order valence-electron chi connectivity index (χ0n) is 10.0. The van der Waals surface area contributed by atoms with E-state index in [0.29, 0.717) is 12.1 Å². The lowest BCUT2D eigenvalue weighted by molar-refractivity contribution is 0.0930. The van der Waals surface area contributed by atoms with E-state index < -0.39 is 0 Å².